The molecule has 0 aliphatic carbocycles. The minimum Gasteiger partial charge on any atom is -0.493 e. The predicted octanol–water partition coefficient (Wildman–Crippen LogP) is 6.58. The molecule has 1 fully saturated rings. The third kappa shape index (κ3) is 5.60. The molecule has 0 amide bonds. The highest BCUT2D eigenvalue weighted by molar-refractivity contribution is 6.31. The zero-order chi connectivity index (χ0) is 25.9. The fraction of sp³-hybridized carbons (Fsp3) is 0.296. The minimum absolute atomic E-state index is 0.292. The minimum atomic E-state index is -4.65. The lowest BCUT2D eigenvalue weighted by atomic mass is 9.94. The average Bonchev–Trinajstić information content (AvgIpc) is 3.34. The SMILES string of the molecule is COc1cc(C(c2ccc(Cl)c(C(F)(F)F)c2)N2CCCC2C(=O)O)ccc1OCc1ccccc1. The summed E-state index contributed by atoms with van der Waals surface area (Å²) in [5.41, 5.74) is 0.874. The lowest BCUT2D eigenvalue weighted by Crippen LogP contribution is -2.39. The Kier molecular flexibility index (Phi) is 7.76. The number of alkyl halides is 3. The van der Waals surface area contributed by atoms with Crippen LogP contribution in [0.4, 0.5) is 13.2 Å². The van der Waals surface area contributed by atoms with Gasteiger partial charge in [-0.05, 0) is 53.8 Å². The maximum Gasteiger partial charge on any atom is 0.417 e. The Bertz CT molecular complexity index is 1220. The van der Waals surface area contributed by atoms with E-state index in [1.54, 1.807) is 23.1 Å². The van der Waals surface area contributed by atoms with E-state index in [4.69, 9.17) is 21.1 Å². The summed E-state index contributed by atoms with van der Waals surface area (Å²) in [6, 6.07) is 16.8. The smallest absolute Gasteiger partial charge is 0.417 e. The van der Waals surface area contributed by atoms with Gasteiger partial charge in [0.05, 0.1) is 23.7 Å². The van der Waals surface area contributed by atoms with Crippen molar-refractivity contribution in [1.29, 1.82) is 0 Å². The lowest BCUT2D eigenvalue weighted by Gasteiger charge is -2.32. The number of hydrogen-bond acceptors (Lipinski definition) is 4. The number of aliphatic carboxylic acids is 1. The summed E-state index contributed by atoms with van der Waals surface area (Å²) in [5.74, 6) is -0.158. The maximum atomic E-state index is 13.6. The van der Waals surface area contributed by atoms with E-state index in [-0.39, 0.29) is 0 Å². The van der Waals surface area contributed by atoms with Gasteiger partial charge < -0.3 is 14.6 Å². The lowest BCUT2D eigenvalue weighted by molar-refractivity contribution is -0.143. The first-order chi connectivity index (χ1) is 17.2. The van der Waals surface area contributed by atoms with Crippen LogP contribution >= 0.6 is 11.6 Å². The van der Waals surface area contributed by atoms with Gasteiger partial charge in [0.1, 0.15) is 12.6 Å². The topological polar surface area (TPSA) is 59.0 Å². The zero-order valence-corrected chi connectivity index (χ0v) is 20.2. The molecule has 3 aromatic carbocycles. The fourth-order valence-corrected chi connectivity index (χ4v) is 4.80. The molecule has 2 atom stereocenters. The van der Waals surface area contributed by atoms with Crippen molar-refractivity contribution < 1.29 is 32.5 Å². The van der Waals surface area contributed by atoms with E-state index < -0.39 is 34.8 Å². The van der Waals surface area contributed by atoms with Crippen molar-refractivity contribution in [2.75, 3.05) is 13.7 Å². The van der Waals surface area contributed by atoms with Crippen LogP contribution in [0, 0.1) is 0 Å². The Morgan fingerprint density at radius 1 is 1.08 bits per heavy atom. The molecule has 0 radical (unpaired) electrons. The van der Waals surface area contributed by atoms with Gasteiger partial charge in [0, 0.05) is 6.54 Å². The number of halogens is 4. The number of ether oxygens (including phenoxy) is 2. The summed E-state index contributed by atoms with van der Waals surface area (Å²) in [4.78, 5) is 13.7. The normalized spacial score (nSPS) is 17.1. The number of carbonyl (C=O) groups is 1. The molecular formula is C27H25ClF3NO4. The summed E-state index contributed by atoms with van der Waals surface area (Å²) in [6.45, 7) is 0.722. The Labute approximate surface area is 212 Å². The fourth-order valence-electron chi connectivity index (χ4n) is 4.58. The van der Waals surface area contributed by atoms with Gasteiger partial charge in [-0.2, -0.15) is 13.2 Å². The Morgan fingerprint density at radius 3 is 2.44 bits per heavy atom. The Hall–Kier alpha value is -3.23. The first kappa shape index (κ1) is 25.9. The molecule has 1 aliphatic heterocycles. The van der Waals surface area contributed by atoms with E-state index in [1.807, 2.05) is 30.3 Å². The highest BCUT2D eigenvalue weighted by Crippen LogP contribution is 2.42. The number of hydrogen-bond donors (Lipinski definition) is 1. The second-order valence-electron chi connectivity index (χ2n) is 8.56. The standard InChI is InChI=1S/C27H25ClF3NO4/c1-35-24-15-19(10-12-23(24)36-16-17-6-3-2-4-7-17)25(32-13-5-8-22(32)26(33)34)18-9-11-21(28)20(14-18)27(29,30)31/h2-4,6-7,9-12,14-15,22,25H,5,8,13,16H2,1H3,(H,33,34). The summed E-state index contributed by atoms with van der Waals surface area (Å²) >= 11 is 5.86. The third-order valence-corrected chi connectivity index (χ3v) is 6.59. The molecule has 0 spiro atoms. The average molecular weight is 520 g/mol. The molecule has 0 bridgehead atoms. The quantitative estimate of drug-likeness (QED) is 0.364. The van der Waals surface area contributed by atoms with Crippen LogP contribution in [-0.2, 0) is 17.6 Å². The molecule has 5 nitrogen and oxygen atoms in total. The van der Waals surface area contributed by atoms with Gasteiger partial charge in [0.15, 0.2) is 11.5 Å². The molecule has 9 heteroatoms. The Balaban J connectivity index is 1.75. The van der Waals surface area contributed by atoms with Crippen molar-refractivity contribution in [3.63, 3.8) is 0 Å². The van der Waals surface area contributed by atoms with Crippen LogP contribution in [0.25, 0.3) is 0 Å². The molecule has 36 heavy (non-hydrogen) atoms. The van der Waals surface area contributed by atoms with Crippen LogP contribution in [0.15, 0.2) is 66.7 Å². The third-order valence-electron chi connectivity index (χ3n) is 6.26. The highest BCUT2D eigenvalue weighted by atomic mass is 35.5. The van der Waals surface area contributed by atoms with Crippen LogP contribution in [-0.4, -0.2) is 35.7 Å². The van der Waals surface area contributed by atoms with Crippen LogP contribution in [0.3, 0.4) is 0 Å². The maximum absolute atomic E-state index is 13.6. The van der Waals surface area contributed by atoms with Gasteiger partial charge in [-0.3, -0.25) is 9.69 Å². The first-order valence-corrected chi connectivity index (χ1v) is 11.8. The number of nitrogens with zero attached hydrogens (tertiary/aromatic N) is 1. The molecular weight excluding hydrogens is 495 g/mol. The van der Waals surface area contributed by atoms with E-state index in [0.717, 1.165) is 11.6 Å². The Morgan fingerprint density at radius 2 is 1.78 bits per heavy atom. The van der Waals surface area contributed by atoms with Crippen molar-refractivity contribution in [2.45, 2.75) is 37.7 Å². The van der Waals surface area contributed by atoms with E-state index >= 15 is 0 Å². The van der Waals surface area contributed by atoms with Gasteiger partial charge in [-0.25, -0.2) is 0 Å². The second kappa shape index (κ2) is 10.8. The summed E-state index contributed by atoms with van der Waals surface area (Å²) in [7, 11) is 1.48. The van der Waals surface area contributed by atoms with Gasteiger partial charge in [0.25, 0.3) is 0 Å². The van der Waals surface area contributed by atoms with Crippen LogP contribution in [0.5, 0.6) is 11.5 Å². The molecule has 4 rings (SSSR count). The molecule has 1 N–H and O–H groups in total. The van der Waals surface area contributed by atoms with Crippen molar-refractivity contribution in [1.82, 2.24) is 4.90 Å². The number of methoxy groups -OCH3 is 1. The van der Waals surface area contributed by atoms with E-state index in [0.29, 0.717) is 48.6 Å². The monoisotopic (exact) mass is 519 g/mol. The predicted molar refractivity (Wildman–Crippen MR) is 129 cm³/mol. The summed E-state index contributed by atoms with van der Waals surface area (Å²) < 4.78 is 52.4. The molecule has 1 saturated heterocycles. The van der Waals surface area contributed by atoms with E-state index in [2.05, 4.69) is 0 Å². The highest BCUT2D eigenvalue weighted by Gasteiger charge is 2.39. The molecule has 1 heterocycles. The summed E-state index contributed by atoms with van der Waals surface area (Å²) in [6.07, 6.45) is -3.63. The van der Waals surface area contributed by atoms with Crippen molar-refractivity contribution in [2.24, 2.45) is 0 Å². The van der Waals surface area contributed by atoms with Gasteiger partial charge in [-0.1, -0.05) is 54.1 Å². The second-order valence-corrected chi connectivity index (χ2v) is 8.97. The van der Waals surface area contributed by atoms with Crippen molar-refractivity contribution >= 4 is 17.6 Å². The van der Waals surface area contributed by atoms with Crippen LogP contribution in [0.2, 0.25) is 5.02 Å². The number of likely N-dealkylation sites (tertiary alicyclic amines) is 1. The number of carboxylic acid groups (broad SMARTS) is 1. The van der Waals surface area contributed by atoms with Gasteiger partial charge in [-0.15, -0.1) is 0 Å². The molecule has 2 unspecified atom stereocenters. The molecule has 1 aliphatic rings. The number of rotatable bonds is 8. The molecule has 0 aromatic heterocycles. The first-order valence-electron chi connectivity index (χ1n) is 11.4. The molecule has 190 valence electrons. The van der Waals surface area contributed by atoms with Gasteiger partial charge >= 0.3 is 12.1 Å². The number of benzene rings is 3. The van der Waals surface area contributed by atoms with E-state index in [9.17, 15) is 23.1 Å². The van der Waals surface area contributed by atoms with Crippen LogP contribution < -0.4 is 9.47 Å². The largest absolute Gasteiger partial charge is 0.493 e. The van der Waals surface area contributed by atoms with Crippen LogP contribution in [0.1, 0.15) is 41.1 Å². The van der Waals surface area contributed by atoms with Crippen molar-refractivity contribution in [3.05, 3.63) is 94.0 Å². The molecule has 0 saturated carbocycles. The summed E-state index contributed by atoms with van der Waals surface area (Å²) in [5, 5.41) is 9.38. The number of carboxylic acids is 1. The zero-order valence-electron chi connectivity index (χ0n) is 19.5. The van der Waals surface area contributed by atoms with E-state index in [1.165, 1.54) is 19.2 Å². The van der Waals surface area contributed by atoms with Gasteiger partial charge in [0.2, 0.25) is 0 Å². The molecule has 3 aromatic rings. The van der Waals surface area contributed by atoms with Crippen molar-refractivity contribution in [3.8, 4) is 11.5 Å².